The van der Waals surface area contributed by atoms with Crippen LogP contribution in [-0.2, 0) is 0 Å². The van der Waals surface area contributed by atoms with Gasteiger partial charge in [-0.05, 0) is 62.2 Å². The fourth-order valence-electron chi connectivity index (χ4n) is 3.06. The molecule has 0 spiro atoms. The standard InChI is InChI=1S/C24H24N4O3/c1-4-26-22(29)18-9-8-15(2)20(14-18)27-24(31)19-7-5-6-16(3)21(19)28-23(30)17-10-12-25-13-11-17/h5-14H,4H2,1-3H3,(H,26,29)(H,27,31)(H,28,30). The van der Waals surface area contributed by atoms with E-state index in [-0.39, 0.29) is 17.7 Å². The zero-order valence-corrected chi connectivity index (χ0v) is 17.7. The Morgan fingerprint density at radius 2 is 1.55 bits per heavy atom. The first-order chi connectivity index (χ1) is 14.9. The maximum absolute atomic E-state index is 13.1. The molecule has 7 heteroatoms. The molecule has 0 saturated carbocycles. The van der Waals surface area contributed by atoms with Crippen LogP contribution in [0.1, 0.15) is 49.1 Å². The number of anilines is 2. The van der Waals surface area contributed by atoms with Crippen LogP contribution in [0.4, 0.5) is 11.4 Å². The lowest BCUT2D eigenvalue weighted by molar-refractivity contribution is 0.0953. The van der Waals surface area contributed by atoms with E-state index in [1.807, 2.05) is 26.8 Å². The molecule has 1 aromatic heterocycles. The Balaban J connectivity index is 1.88. The van der Waals surface area contributed by atoms with Gasteiger partial charge >= 0.3 is 0 Å². The van der Waals surface area contributed by atoms with Gasteiger partial charge < -0.3 is 16.0 Å². The maximum atomic E-state index is 13.1. The average molecular weight is 416 g/mol. The second-order valence-corrected chi connectivity index (χ2v) is 7.03. The Labute approximate surface area is 180 Å². The molecule has 3 amide bonds. The lowest BCUT2D eigenvalue weighted by Gasteiger charge is -2.15. The number of nitrogens with zero attached hydrogens (tertiary/aromatic N) is 1. The van der Waals surface area contributed by atoms with Crippen LogP contribution in [0.2, 0.25) is 0 Å². The molecule has 0 radical (unpaired) electrons. The van der Waals surface area contributed by atoms with Gasteiger partial charge in [-0.3, -0.25) is 19.4 Å². The van der Waals surface area contributed by atoms with Crippen molar-refractivity contribution in [3.05, 3.63) is 88.7 Å². The first-order valence-electron chi connectivity index (χ1n) is 9.92. The predicted molar refractivity (Wildman–Crippen MR) is 121 cm³/mol. The summed E-state index contributed by atoms with van der Waals surface area (Å²) in [5.41, 5.74) is 3.75. The quantitative estimate of drug-likeness (QED) is 0.566. The summed E-state index contributed by atoms with van der Waals surface area (Å²) in [7, 11) is 0. The average Bonchev–Trinajstić information content (AvgIpc) is 2.77. The molecular formula is C24H24N4O3. The van der Waals surface area contributed by atoms with Crippen molar-refractivity contribution in [3.63, 3.8) is 0 Å². The number of amides is 3. The summed E-state index contributed by atoms with van der Waals surface area (Å²) in [6.07, 6.45) is 3.07. The first-order valence-corrected chi connectivity index (χ1v) is 9.92. The Kier molecular flexibility index (Phi) is 6.77. The third kappa shape index (κ3) is 5.14. The predicted octanol–water partition coefficient (Wildman–Crippen LogP) is 3.95. The molecule has 158 valence electrons. The van der Waals surface area contributed by atoms with Gasteiger partial charge in [0.1, 0.15) is 0 Å². The second-order valence-electron chi connectivity index (χ2n) is 7.03. The molecule has 1 heterocycles. The van der Waals surface area contributed by atoms with Gasteiger partial charge in [-0.25, -0.2) is 0 Å². The molecule has 0 aliphatic rings. The lowest BCUT2D eigenvalue weighted by Crippen LogP contribution is -2.23. The summed E-state index contributed by atoms with van der Waals surface area (Å²) in [6, 6.07) is 13.6. The third-order valence-electron chi connectivity index (χ3n) is 4.78. The molecular weight excluding hydrogens is 392 g/mol. The van der Waals surface area contributed by atoms with Gasteiger partial charge in [0.05, 0.1) is 11.3 Å². The summed E-state index contributed by atoms with van der Waals surface area (Å²) < 4.78 is 0. The van der Waals surface area contributed by atoms with Gasteiger partial charge in [0.25, 0.3) is 17.7 Å². The van der Waals surface area contributed by atoms with Crippen molar-refractivity contribution in [2.24, 2.45) is 0 Å². The minimum absolute atomic E-state index is 0.209. The summed E-state index contributed by atoms with van der Waals surface area (Å²) in [4.78, 5) is 41.8. The number of carbonyl (C=O) groups excluding carboxylic acids is 3. The van der Waals surface area contributed by atoms with E-state index in [4.69, 9.17) is 0 Å². The third-order valence-corrected chi connectivity index (χ3v) is 4.78. The van der Waals surface area contributed by atoms with E-state index in [9.17, 15) is 14.4 Å². The number of hydrogen-bond acceptors (Lipinski definition) is 4. The number of benzene rings is 2. The molecule has 3 N–H and O–H groups in total. The van der Waals surface area contributed by atoms with Gasteiger partial charge in [0, 0.05) is 35.8 Å². The zero-order chi connectivity index (χ0) is 22.4. The molecule has 0 bridgehead atoms. The normalized spacial score (nSPS) is 10.3. The van der Waals surface area contributed by atoms with E-state index in [0.29, 0.717) is 34.6 Å². The molecule has 0 atom stereocenters. The van der Waals surface area contributed by atoms with Crippen molar-refractivity contribution in [2.75, 3.05) is 17.2 Å². The summed E-state index contributed by atoms with van der Waals surface area (Å²) in [6.45, 7) is 6.02. The van der Waals surface area contributed by atoms with E-state index in [1.54, 1.807) is 42.5 Å². The van der Waals surface area contributed by atoms with E-state index >= 15 is 0 Å². The molecule has 3 rings (SSSR count). The number of pyridine rings is 1. The minimum atomic E-state index is -0.384. The molecule has 0 unspecified atom stereocenters. The Hall–Kier alpha value is -4.00. The maximum Gasteiger partial charge on any atom is 0.257 e. The Bertz CT molecular complexity index is 1130. The number of para-hydroxylation sites is 1. The number of aromatic nitrogens is 1. The van der Waals surface area contributed by atoms with Crippen LogP contribution >= 0.6 is 0 Å². The number of aryl methyl sites for hydroxylation is 2. The van der Waals surface area contributed by atoms with Crippen LogP contribution in [0.25, 0.3) is 0 Å². The van der Waals surface area contributed by atoms with Crippen molar-refractivity contribution in [1.82, 2.24) is 10.3 Å². The number of nitrogens with one attached hydrogen (secondary N) is 3. The van der Waals surface area contributed by atoms with Gasteiger partial charge in [0.15, 0.2) is 0 Å². The van der Waals surface area contributed by atoms with Crippen LogP contribution in [0.3, 0.4) is 0 Å². The monoisotopic (exact) mass is 416 g/mol. The van der Waals surface area contributed by atoms with E-state index in [0.717, 1.165) is 11.1 Å². The summed E-state index contributed by atoms with van der Waals surface area (Å²) >= 11 is 0. The number of rotatable bonds is 6. The topological polar surface area (TPSA) is 100 Å². The zero-order valence-electron chi connectivity index (χ0n) is 17.7. The van der Waals surface area contributed by atoms with E-state index in [2.05, 4.69) is 20.9 Å². The van der Waals surface area contributed by atoms with Crippen LogP contribution in [-0.4, -0.2) is 29.3 Å². The molecule has 0 aliphatic carbocycles. The molecule has 0 fully saturated rings. The number of hydrogen-bond donors (Lipinski definition) is 3. The molecule has 31 heavy (non-hydrogen) atoms. The first kappa shape index (κ1) is 21.7. The van der Waals surface area contributed by atoms with Gasteiger partial charge in [0.2, 0.25) is 0 Å². The van der Waals surface area contributed by atoms with E-state index < -0.39 is 0 Å². The Morgan fingerprint density at radius 1 is 0.806 bits per heavy atom. The minimum Gasteiger partial charge on any atom is -0.352 e. The van der Waals surface area contributed by atoms with E-state index in [1.165, 1.54) is 12.4 Å². The number of carbonyl (C=O) groups is 3. The molecule has 0 aliphatic heterocycles. The fourth-order valence-corrected chi connectivity index (χ4v) is 3.06. The summed E-state index contributed by atoms with van der Waals surface area (Å²) in [5.74, 6) is -0.927. The highest BCUT2D eigenvalue weighted by Crippen LogP contribution is 2.24. The highest BCUT2D eigenvalue weighted by atomic mass is 16.2. The van der Waals surface area contributed by atoms with Gasteiger partial charge in [-0.1, -0.05) is 18.2 Å². The largest absolute Gasteiger partial charge is 0.352 e. The summed E-state index contributed by atoms with van der Waals surface area (Å²) in [5, 5.41) is 8.44. The van der Waals surface area contributed by atoms with Crippen molar-refractivity contribution in [2.45, 2.75) is 20.8 Å². The van der Waals surface area contributed by atoms with Crippen molar-refractivity contribution >= 4 is 29.1 Å². The second kappa shape index (κ2) is 9.67. The fraction of sp³-hybridized carbons (Fsp3) is 0.167. The molecule has 0 saturated heterocycles. The Morgan fingerprint density at radius 3 is 2.26 bits per heavy atom. The SMILES string of the molecule is CCNC(=O)c1ccc(C)c(NC(=O)c2cccc(C)c2NC(=O)c2ccncc2)c1. The highest BCUT2D eigenvalue weighted by Gasteiger charge is 2.18. The van der Waals surface area contributed by atoms with Gasteiger partial charge in [-0.15, -0.1) is 0 Å². The molecule has 7 nitrogen and oxygen atoms in total. The smallest absolute Gasteiger partial charge is 0.257 e. The van der Waals surface area contributed by atoms with Crippen molar-refractivity contribution in [1.29, 1.82) is 0 Å². The van der Waals surface area contributed by atoms with Crippen LogP contribution in [0, 0.1) is 13.8 Å². The van der Waals surface area contributed by atoms with Crippen molar-refractivity contribution in [3.8, 4) is 0 Å². The molecule has 3 aromatic rings. The van der Waals surface area contributed by atoms with Crippen LogP contribution < -0.4 is 16.0 Å². The van der Waals surface area contributed by atoms with Crippen LogP contribution in [0.15, 0.2) is 60.9 Å². The molecule has 2 aromatic carbocycles. The lowest BCUT2D eigenvalue weighted by atomic mass is 10.1. The van der Waals surface area contributed by atoms with Gasteiger partial charge in [-0.2, -0.15) is 0 Å². The van der Waals surface area contributed by atoms with Crippen LogP contribution in [0.5, 0.6) is 0 Å². The highest BCUT2D eigenvalue weighted by molar-refractivity contribution is 6.13. The van der Waals surface area contributed by atoms with Crippen molar-refractivity contribution < 1.29 is 14.4 Å².